The van der Waals surface area contributed by atoms with Gasteiger partial charge in [0.2, 0.25) is 0 Å². The van der Waals surface area contributed by atoms with Crippen LogP contribution in [-0.4, -0.2) is 35.0 Å². The Labute approximate surface area is 133 Å². The van der Waals surface area contributed by atoms with Crippen molar-refractivity contribution in [2.24, 2.45) is 7.05 Å². The van der Waals surface area contributed by atoms with Gasteiger partial charge in [-0.05, 0) is 19.1 Å². The zero-order valence-corrected chi connectivity index (χ0v) is 13.5. The first kappa shape index (κ1) is 15.0. The molecule has 0 fully saturated rings. The second-order valence-electron chi connectivity index (χ2n) is 5.24. The highest BCUT2D eigenvalue weighted by Gasteiger charge is 2.18. The van der Waals surface area contributed by atoms with Gasteiger partial charge >= 0.3 is 5.97 Å². The second kappa shape index (κ2) is 5.72. The molecule has 0 unspecified atom stereocenters. The van der Waals surface area contributed by atoms with Crippen molar-refractivity contribution in [2.45, 2.75) is 6.92 Å². The van der Waals surface area contributed by atoms with Gasteiger partial charge in [0.25, 0.3) is 0 Å². The van der Waals surface area contributed by atoms with Crippen molar-refractivity contribution < 1.29 is 14.3 Å². The molecule has 23 heavy (non-hydrogen) atoms. The van der Waals surface area contributed by atoms with E-state index >= 15 is 0 Å². The van der Waals surface area contributed by atoms with Crippen LogP contribution in [0.3, 0.4) is 0 Å². The van der Waals surface area contributed by atoms with Gasteiger partial charge in [-0.1, -0.05) is 0 Å². The minimum atomic E-state index is -0.430. The van der Waals surface area contributed by atoms with Crippen LogP contribution in [0.15, 0.2) is 30.6 Å². The molecule has 6 heteroatoms. The van der Waals surface area contributed by atoms with E-state index in [4.69, 9.17) is 9.47 Å². The number of ether oxygens (including phenoxy) is 2. The zero-order valence-electron chi connectivity index (χ0n) is 13.5. The molecule has 0 amide bonds. The van der Waals surface area contributed by atoms with Gasteiger partial charge in [-0.3, -0.25) is 9.67 Å². The van der Waals surface area contributed by atoms with Crippen molar-refractivity contribution >= 4 is 16.9 Å². The molecule has 0 bridgehead atoms. The average Bonchev–Trinajstić information content (AvgIpc) is 2.93. The second-order valence-corrected chi connectivity index (χ2v) is 5.24. The van der Waals surface area contributed by atoms with Gasteiger partial charge < -0.3 is 9.47 Å². The Bertz CT molecular complexity index is 899. The molecule has 1 aromatic carbocycles. The summed E-state index contributed by atoms with van der Waals surface area (Å²) in [6, 6.07) is 5.73. The molecule has 2 heterocycles. The van der Waals surface area contributed by atoms with E-state index in [1.807, 2.05) is 32.2 Å². The van der Waals surface area contributed by atoms with Crippen molar-refractivity contribution in [3.05, 3.63) is 41.9 Å². The van der Waals surface area contributed by atoms with Gasteiger partial charge in [0, 0.05) is 41.5 Å². The van der Waals surface area contributed by atoms with Crippen LogP contribution in [0.25, 0.3) is 22.0 Å². The molecule has 0 N–H and O–H groups in total. The number of carbonyl (C=O) groups excluding carboxylic acids is 1. The maximum atomic E-state index is 12.1. The number of rotatable bonds is 3. The molecule has 3 rings (SSSR count). The van der Waals surface area contributed by atoms with Crippen LogP contribution >= 0.6 is 0 Å². The Kier molecular flexibility index (Phi) is 3.73. The summed E-state index contributed by atoms with van der Waals surface area (Å²) in [6.45, 7) is 1.87. The summed E-state index contributed by atoms with van der Waals surface area (Å²) >= 11 is 0. The molecular weight excluding hydrogens is 294 g/mol. The zero-order chi connectivity index (χ0) is 16.6. The highest BCUT2D eigenvalue weighted by Crippen LogP contribution is 2.36. The summed E-state index contributed by atoms with van der Waals surface area (Å²) in [5.74, 6) is 0.234. The number of methoxy groups -OCH3 is 2. The number of hydrogen-bond donors (Lipinski definition) is 0. The van der Waals surface area contributed by atoms with E-state index in [9.17, 15) is 4.79 Å². The van der Waals surface area contributed by atoms with Crippen LogP contribution in [0, 0.1) is 6.92 Å². The molecule has 0 saturated heterocycles. The van der Waals surface area contributed by atoms with Crippen LogP contribution in [-0.2, 0) is 11.8 Å². The summed E-state index contributed by atoms with van der Waals surface area (Å²) in [4.78, 5) is 16.3. The Balaban J connectivity index is 2.31. The first-order valence-electron chi connectivity index (χ1n) is 7.10. The van der Waals surface area contributed by atoms with Crippen molar-refractivity contribution in [3.63, 3.8) is 0 Å². The van der Waals surface area contributed by atoms with Crippen molar-refractivity contribution in [2.75, 3.05) is 14.2 Å². The van der Waals surface area contributed by atoms with E-state index in [0.29, 0.717) is 11.3 Å². The summed E-state index contributed by atoms with van der Waals surface area (Å²) in [6.07, 6.45) is 3.31. The van der Waals surface area contributed by atoms with E-state index < -0.39 is 5.97 Å². The van der Waals surface area contributed by atoms with E-state index in [-0.39, 0.29) is 0 Å². The molecule has 6 nitrogen and oxygen atoms in total. The van der Waals surface area contributed by atoms with E-state index in [0.717, 1.165) is 27.7 Å². The maximum absolute atomic E-state index is 12.1. The fraction of sp³-hybridized carbons (Fsp3) is 0.235. The SMILES string of the molecule is COC(=O)c1cnc(C)cc1-c1cc2cnn(C)c2cc1OC. The molecule has 0 aliphatic carbocycles. The summed E-state index contributed by atoms with van der Waals surface area (Å²) in [5, 5.41) is 5.22. The van der Waals surface area contributed by atoms with Crippen LogP contribution in [0.4, 0.5) is 0 Å². The molecule has 0 spiro atoms. The Morgan fingerprint density at radius 3 is 2.61 bits per heavy atom. The van der Waals surface area contributed by atoms with Crippen molar-refractivity contribution in [1.29, 1.82) is 0 Å². The molecule has 0 aliphatic rings. The number of hydrogen-bond acceptors (Lipinski definition) is 5. The van der Waals surface area contributed by atoms with Gasteiger partial charge in [-0.2, -0.15) is 5.10 Å². The number of esters is 1. The standard InChI is InChI=1S/C17H17N3O3/c1-10-5-12(14(9-18-10)17(21)23-4)13-6-11-8-19-20(2)15(11)7-16(13)22-3/h5-9H,1-4H3. The molecule has 0 radical (unpaired) electrons. The quantitative estimate of drug-likeness (QED) is 0.696. The van der Waals surface area contributed by atoms with Crippen molar-refractivity contribution in [3.8, 4) is 16.9 Å². The highest BCUT2D eigenvalue weighted by molar-refractivity contribution is 5.99. The van der Waals surface area contributed by atoms with Crippen LogP contribution < -0.4 is 4.74 Å². The fourth-order valence-electron chi connectivity index (χ4n) is 2.62. The van der Waals surface area contributed by atoms with Crippen LogP contribution in [0.2, 0.25) is 0 Å². The minimum absolute atomic E-state index is 0.402. The van der Waals surface area contributed by atoms with Gasteiger partial charge in [-0.15, -0.1) is 0 Å². The first-order valence-corrected chi connectivity index (χ1v) is 7.10. The van der Waals surface area contributed by atoms with Gasteiger partial charge in [-0.25, -0.2) is 4.79 Å². The molecule has 0 atom stereocenters. The largest absolute Gasteiger partial charge is 0.496 e. The fourth-order valence-corrected chi connectivity index (χ4v) is 2.62. The van der Waals surface area contributed by atoms with Crippen LogP contribution in [0.5, 0.6) is 5.75 Å². The topological polar surface area (TPSA) is 66.2 Å². The number of fused-ring (bicyclic) bond motifs is 1. The lowest BCUT2D eigenvalue weighted by atomic mass is 9.98. The summed E-state index contributed by atoms with van der Waals surface area (Å²) in [5.41, 5.74) is 3.70. The molecule has 118 valence electrons. The molecule has 2 aromatic heterocycles. The number of nitrogens with zero attached hydrogens (tertiary/aromatic N) is 3. The van der Waals surface area contributed by atoms with Gasteiger partial charge in [0.15, 0.2) is 0 Å². The molecule has 0 saturated carbocycles. The van der Waals surface area contributed by atoms with Gasteiger partial charge in [0.1, 0.15) is 5.75 Å². The minimum Gasteiger partial charge on any atom is -0.496 e. The predicted octanol–water partition coefficient (Wildman–Crippen LogP) is 2.74. The number of benzene rings is 1. The highest BCUT2D eigenvalue weighted by atomic mass is 16.5. The number of pyridine rings is 1. The molecular formula is C17H17N3O3. The normalized spacial score (nSPS) is 10.8. The molecule has 0 aliphatic heterocycles. The lowest BCUT2D eigenvalue weighted by Gasteiger charge is -2.13. The summed E-state index contributed by atoms with van der Waals surface area (Å²) < 4.78 is 12.2. The smallest absolute Gasteiger partial charge is 0.340 e. The number of carbonyl (C=O) groups is 1. The maximum Gasteiger partial charge on any atom is 0.340 e. The van der Waals surface area contributed by atoms with E-state index in [1.165, 1.54) is 13.3 Å². The average molecular weight is 311 g/mol. The monoisotopic (exact) mass is 311 g/mol. The Hall–Kier alpha value is -2.89. The van der Waals surface area contributed by atoms with E-state index in [2.05, 4.69) is 10.1 Å². The lowest BCUT2D eigenvalue weighted by Crippen LogP contribution is -2.05. The third-order valence-electron chi connectivity index (χ3n) is 3.80. The Morgan fingerprint density at radius 1 is 1.13 bits per heavy atom. The van der Waals surface area contributed by atoms with Crippen molar-refractivity contribution in [1.82, 2.24) is 14.8 Å². The number of aromatic nitrogens is 3. The first-order chi connectivity index (χ1) is 11.0. The van der Waals surface area contributed by atoms with Gasteiger partial charge in [0.05, 0.1) is 31.5 Å². The lowest BCUT2D eigenvalue weighted by molar-refractivity contribution is 0.0601. The molecule has 3 aromatic rings. The third kappa shape index (κ3) is 2.52. The van der Waals surface area contributed by atoms with E-state index in [1.54, 1.807) is 18.0 Å². The third-order valence-corrected chi connectivity index (χ3v) is 3.80. The van der Waals surface area contributed by atoms with Crippen LogP contribution in [0.1, 0.15) is 16.1 Å². The number of aryl methyl sites for hydroxylation is 2. The summed E-state index contributed by atoms with van der Waals surface area (Å²) in [7, 11) is 4.83. The Morgan fingerprint density at radius 2 is 1.91 bits per heavy atom. The predicted molar refractivity (Wildman–Crippen MR) is 86.6 cm³/mol.